The van der Waals surface area contributed by atoms with Crippen LogP contribution in [0.4, 0.5) is 10.5 Å². The molecule has 2 fully saturated rings. The molecule has 114 valence electrons. The van der Waals surface area contributed by atoms with Gasteiger partial charge in [0.25, 0.3) is 0 Å². The Morgan fingerprint density at radius 2 is 1.95 bits per heavy atom. The fraction of sp³-hybridized carbons (Fsp3) is 0.588. The van der Waals surface area contributed by atoms with Crippen LogP contribution < -0.4 is 5.32 Å². The molecular formula is C17H22ClNO2. The fourth-order valence-electron chi connectivity index (χ4n) is 4.12. The molecule has 2 unspecified atom stereocenters. The van der Waals surface area contributed by atoms with Crippen molar-refractivity contribution >= 4 is 23.4 Å². The Balaban J connectivity index is 1.65. The maximum atomic E-state index is 12.1. The minimum Gasteiger partial charge on any atom is -0.445 e. The molecule has 21 heavy (non-hydrogen) atoms. The van der Waals surface area contributed by atoms with Crippen LogP contribution in [-0.2, 0) is 4.74 Å². The molecule has 2 bridgehead atoms. The Kier molecular flexibility index (Phi) is 3.44. The van der Waals surface area contributed by atoms with Crippen LogP contribution in [0.15, 0.2) is 24.3 Å². The van der Waals surface area contributed by atoms with Crippen LogP contribution in [0.1, 0.15) is 40.0 Å². The van der Waals surface area contributed by atoms with Crippen molar-refractivity contribution in [3.8, 4) is 0 Å². The topological polar surface area (TPSA) is 38.3 Å². The van der Waals surface area contributed by atoms with E-state index in [1.807, 2.05) is 0 Å². The monoisotopic (exact) mass is 307 g/mol. The lowest BCUT2D eigenvalue weighted by molar-refractivity contribution is 0.00148. The van der Waals surface area contributed by atoms with E-state index in [1.54, 1.807) is 24.3 Å². The summed E-state index contributed by atoms with van der Waals surface area (Å²) in [6.45, 7) is 6.89. The molecule has 2 saturated carbocycles. The number of ether oxygens (including phenoxy) is 1. The number of halogens is 1. The fourth-order valence-corrected chi connectivity index (χ4v) is 4.24. The highest BCUT2D eigenvalue weighted by molar-refractivity contribution is 6.30. The van der Waals surface area contributed by atoms with E-state index in [1.165, 1.54) is 6.42 Å². The van der Waals surface area contributed by atoms with Crippen molar-refractivity contribution < 1.29 is 9.53 Å². The third kappa shape index (κ3) is 2.32. The lowest BCUT2D eigenvalue weighted by Gasteiger charge is -2.38. The van der Waals surface area contributed by atoms with Gasteiger partial charge in [-0.2, -0.15) is 0 Å². The molecule has 0 spiro atoms. The first kappa shape index (κ1) is 14.7. The molecule has 2 aliphatic carbocycles. The first-order valence-corrected chi connectivity index (χ1v) is 7.94. The predicted molar refractivity (Wildman–Crippen MR) is 84.6 cm³/mol. The van der Waals surface area contributed by atoms with Gasteiger partial charge in [0.15, 0.2) is 0 Å². The largest absolute Gasteiger partial charge is 0.445 e. The molecule has 1 aromatic rings. The maximum absolute atomic E-state index is 12.1. The van der Waals surface area contributed by atoms with Gasteiger partial charge in [0.2, 0.25) is 0 Å². The Morgan fingerprint density at radius 3 is 2.48 bits per heavy atom. The summed E-state index contributed by atoms with van der Waals surface area (Å²) in [7, 11) is 0. The standard InChI is InChI=1S/C17H22ClNO2/c1-16(2)11-8-9-17(16,3)14(10-11)21-15(20)19-13-6-4-12(18)5-7-13/h4-7,11,14H,8-10H2,1-3H3,(H,19,20)/t11?,14?,17-/m1/s1. The van der Waals surface area contributed by atoms with Gasteiger partial charge in [0.05, 0.1) is 0 Å². The SMILES string of the molecule is CC1(C)C2CC[C@]1(C)C(OC(=O)Nc1ccc(Cl)cc1)C2. The Labute approximate surface area is 131 Å². The van der Waals surface area contributed by atoms with Gasteiger partial charge in [-0.25, -0.2) is 4.79 Å². The molecule has 3 nitrogen and oxygen atoms in total. The van der Waals surface area contributed by atoms with E-state index >= 15 is 0 Å². The van der Waals surface area contributed by atoms with Gasteiger partial charge in [-0.15, -0.1) is 0 Å². The number of nitrogens with one attached hydrogen (secondary N) is 1. The zero-order chi connectivity index (χ0) is 15.3. The average Bonchev–Trinajstić information content (AvgIpc) is 2.74. The summed E-state index contributed by atoms with van der Waals surface area (Å²) in [5.74, 6) is 0.663. The number of hydrogen-bond donors (Lipinski definition) is 1. The van der Waals surface area contributed by atoms with Crippen molar-refractivity contribution in [2.45, 2.75) is 46.1 Å². The second kappa shape index (κ2) is 4.91. The molecule has 0 aromatic heterocycles. The van der Waals surface area contributed by atoms with Crippen molar-refractivity contribution in [3.05, 3.63) is 29.3 Å². The van der Waals surface area contributed by atoms with Gasteiger partial charge in [0, 0.05) is 16.1 Å². The van der Waals surface area contributed by atoms with Gasteiger partial charge >= 0.3 is 6.09 Å². The van der Waals surface area contributed by atoms with Crippen LogP contribution in [0.5, 0.6) is 0 Å². The van der Waals surface area contributed by atoms with Crippen LogP contribution >= 0.6 is 11.6 Å². The lowest BCUT2D eigenvalue weighted by atomic mass is 9.70. The molecule has 3 atom stereocenters. The van der Waals surface area contributed by atoms with Crippen LogP contribution in [0.25, 0.3) is 0 Å². The Hall–Kier alpha value is -1.22. The summed E-state index contributed by atoms with van der Waals surface area (Å²) in [5.41, 5.74) is 1.05. The quantitative estimate of drug-likeness (QED) is 0.825. The number of carbonyl (C=O) groups excluding carboxylic acids is 1. The van der Waals surface area contributed by atoms with Crippen LogP contribution in [0, 0.1) is 16.7 Å². The highest BCUT2D eigenvalue weighted by Gasteiger charge is 2.62. The number of hydrogen-bond acceptors (Lipinski definition) is 2. The molecule has 0 radical (unpaired) electrons. The van der Waals surface area contributed by atoms with Crippen molar-refractivity contribution in [3.63, 3.8) is 0 Å². The van der Waals surface area contributed by atoms with E-state index in [9.17, 15) is 4.79 Å². The molecular weight excluding hydrogens is 286 g/mol. The summed E-state index contributed by atoms with van der Waals surface area (Å²) in [6, 6.07) is 7.05. The Morgan fingerprint density at radius 1 is 1.29 bits per heavy atom. The third-order valence-corrected chi connectivity index (χ3v) is 6.31. The van der Waals surface area contributed by atoms with Gasteiger partial charge in [0.1, 0.15) is 6.10 Å². The van der Waals surface area contributed by atoms with E-state index in [-0.39, 0.29) is 23.0 Å². The average molecular weight is 308 g/mol. The van der Waals surface area contributed by atoms with E-state index in [0.29, 0.717) is 16.6 Å². The highest BCUT2D eigenvalue weighted by Crippen LogP contribution is 2.66. The lowest BCUT2D eigenvalue weighted by Crippen LogP contribution is -2.39. The molecule has 0 saturated heterocycles. The first-order valence-electron chi connectivity index (χ1n) is 7.56. The van der Waals surface area contributed by atoms with Crippen molar-refractivity contribution in [1.82, 2.24) is 0 Å². The number of carbonyl (C=O) groups is 1. The first-order chi connectivity index (χ1) is 9.83. The summed E-state index contributed by atoms with van der Waals surface area (Å²) < 4.78 is 5.74. The van der Waals surface area contributed by atoms with Crippen molar-refractivity contribution in [1.29, 1.82) is 0 Å². The van der Waals surface area contributed by atoms with Crippen LogP contribution in [-0.4, -0.2) is 12.2 Å². The minimum atomic E-state index is -0.369. The zero-order valence-electron chi connectivity index (χ0n) is 12.8. The minimum absolute atomic E-state index is 0.0125. The van der Waals surface area contributed by atoms with Crippen molar-refractivity contribution in [2.24, 2.45) is 16.7 Å². The van der Waals surface area contributed by atoms with Gasteiger partial charge in [-0.3, -0.25) is 5.32 Å². The maximum Gasteiger partial charge on any atom is 0.411 e. The molecule has 3 rings (SSSR count). The molecule has 0 aliphatic heterocycles. The zero-order valence-corrected chi connectivity index (χ0v) is 13.5. The molecule has 0 heterocycles. The van der Waals surface area contributed by atoms with E-state index in [4.69, 9.17) is 16.3 Å². The number of anilines is 1. The summed E-state index contributed by atoms with van der Waals surface area (Å²) in [6.07, 6.45) is 3.02. The summed E-state index contributed by atoms with van der Waals surface area (Å²) >= 11 is 5.83. The molecule has 1 amide bonds. The van der Waals surface area contributed by atoms with Gasteiger partial charge in [-0.1, -0.05) is 32.4 Å². The normalized spacial score (nSPS) is 33.0. The highest BCUT2D eigenvalue weighted by atomic mass is 35.5. The smallest absolute Gasteiger partial charge is 0.411 e. The molecule has 1 N–H and O–H groups in total. The van der Waals surface area contributed by atoms with Crippen LogP contribution in [0.3, 0.4) is 0 Å². The number of rotatable bonds is 2. The van der Waals surface area contributed by atoms with E-state index < -0.39 is 0 Å². The predicted octanol–water partition coefficient (Wildman–Crippen LogP) is 5.10. The molecule has 1 aromatic carbocycles. The van der Waals surface area contributed by atoms with Gasteiger partial charge < -0.3 is 4.74 Å². The summed E-state index contributed by atoms with van der Waals surface area (Å²) in [4.78, 5) is 12.1. The number of amides is 1. The van der Waals surface area contributed by atoms with E-state index in [0.717, 1.165) is 12.8 Å². The third-order valence-electron chi connectivity index (χ3n) is 6.05. The van der Waals surface area contributed by atoms with E-state index in [2.05, 4.69) is 26.1 Å². The second-order valence-corrected chi connectivity index (χ2v) is 7.57. The molecule has 2 aliphatic rings. The second-order valence-electron chi connectivity index (χ2n) is 7.14. The van der Waals surface area contributed by atoms with Crippen molar-refractivity contribution in [2.75, 3.05) is 5.32 Å². The van der Waals surface area contributed by atoms with Gasteiger partial charge in [-0.05, 0) is 54.9 Å². The number of fused-ring (bicyclic) bond motifs is 2. The summed E-state index contributed by atoms with van der Waals surface area (Å²) in [5, 5.41) is 3.43. The Bertz CT molecular complexity index is 554. The molecule has 4 heteroatoms. The van der Waals surface area contributed by atoms with Crippen LogP contribution in [0.2, 0.25) is 5.02 Å². The number of benzene rings is 1.